The third-order valence-corrected chi connectivity index (χ3v) is 5.10. The van der Waals surface area contributed by atoms with Crippen molar-refractivity contribution < 1.29 is 24.2 Å². The molecule has 0 saturated heterocycles. The Balaban J connectivity index is 1.55. The van der Waals surface area contributed by atoms with Gasteiger partial charge in [0.25, 0.3) is 5.91 Å². The van der Waals surface area contributed by atoms with Crippen LogP contribution in [0.4, 0.5) is 5.69 Å². The molecule has 0 aliphatic heterocycles. The van der Waals surface area contributed by atoms with Gasteiger partial charge in [0.15, 0.2) is 18.1 Å². The second-order valence-corrected chi connectivity index (χ2v) is 7.45. The van der Waals surface area contributed by atoms with Crippen LogP contribution in [-0.4, -0.2) is 35.7 Å². The number of para-hydroxylation sites is 1. The van der Waals surface area contributed by atoms with E-state index < -0.39 is 5.97 Å². The number of benzene rings is 3. The first-order valence-corrected chi connectivity index (χ1v) is 10.3. The smallest absolute Gasteiger partial charge is 0.336 e. The maximum Gasteiger partial charge on any atom is 0.336 e. The number of fused-ring (bicyclic) bond motifs is 1. The van der Waals surface area contributed by atoms with Gasteiger partial charge < -0.3 is 19.9 Å². The zero-order valence-corrected chi connectivity index (χ0v) is 18.2. The van der Waals surface area contributed by atoms with Crippen LogP contribution in [0.15, 0.2) is 72.8 Å². The number of nitrogens with one attached hydrogen (secondary N) is 1. The highest BCUT2D eigenvalue weighted by Crippen LogP contribution is 2.33. The van der Waals surface area contributed by atoms with E-state index in [1.165, 1.54) is 13.2 Å². The predicted molar refractivity (Wildman–Crippen MR) is 126 cm³/mol. The number of carbonyl (C=O) groups is 2. The summed E-state index contributed by atoms with van der Waals surface area (Å²) in [6.07, 6.45) is 0. The molecule has 0 bridgehead atoms. The van der Waals surface area contributed by atoms with Crippen molar-refractivity contribution in [3.05, 3.63) is 83.9 Å². The Hall–Kier alpha value is -4.39. The molecule has 0 saturated carbocycles. The van der Waals surface area contributed by atoms with E-state index in [4.69, 9.17) is 9.47 Å². The molecule has 7 nitrogen and oxygen atoms in total. The van der Waals surface area contributed by atoms with Gasteiger partial charge in [0.05, 0.1) is 23.9 Å². The number of carboxylic acid groups (broad SMARTS) is 1. The molecule has 1 aromatic heterocycles. The third kappa shape index (κ3) is 4.93. The molecule has 166 valence electrons. The standard InChI is InChI=1S/C26H22N2O5/c1-16-7-10-18(11-8-16)27-25(29)15-33-23-12-9-17(13-24(23)32-2)22-14-20(26(30)31)19-5-3-4-6-21(19)28-22/h3-14H,15H2,1-2H3,(H,27,29)(H,30,31). The Morgan fingerprint density at radius 3 is 2.45 bits per heavy atom. The maximum absolute atomic E-state index is 12.2. The topological polar surface area (TPSA) is 97.8 Å². The summed E-state index contributed by atoms with van der Waals surface area (Å²) >= 11 is 0. The molecule has 0 aliphatic rings. The zero-order chi connectivity index (χ0) is 23.4. The van der Waals surface area contributed by atoms with Crippen LogP contribution in [0.3, 0.4) is 0 Å². The van der Waals surface area contributed by atoms with E-state index >= 15 is 0 Å². The quantitative estimate of drug-likeness (QED) is 0.421. The van der Waals surface area contributed by atoms with Gasteiger partial charge in [-0.25, -0.2) is 9.78 Å². The monoisotopic (exact) mass is 442 g/mol. The number of nitrogens with zero attached hydrogens (tertiary/aromatic N) is 1. The number of aromatic nitrogens is 1. The van der Waals surface area contributed by atoms with Gasteiger partial charge in [-0.2, -0.15) is 0 Å². The van der Waals surface area contributed by atoms with E-state index in [0.717, 1.165) is 5.56 Å². The van der Waals surface area contributed by atoms with Crippen LogP contribution < -0.4 is 14.8 Å². The van der Waals surface area contributed by atoms with Crippen LogP contribution in [0, 0.1) is 6.92 Å². The first-order chi connectivity index (χ1) is 15.9. The first-order valence-electron chi connectivity index (χ1n) is 10.3. The molecule has 3 aromatic carbocycles. The van der Waals surface area contributed by atoms with Crippen molar-refractivity contribution in [1.29, 1.82) is 0 Å². The number of aryl methyl sites for hydroxylation is 1. The predicted octanol–water partition coefficient (Wildman–Crippen LogP) is 4.93. The van der Waals surface area contributed by atoms with Crippen LogP contribution in [0.2, 0.25) is 0 Å². The summed E-state index contributed by atoms with van der Waals surface area (Å²) in [5, 5.41) is 13.0. The Labute approximate surface area is 190 Å². The number of carboxylic acids is 1. The third-order valence-electron chi connectivity index (χ3n) is 5.10. The summed E-state index contributed by atoms with van der Waals surface area (Å²) in [7, 11) is 1.49. The molecule has 0 spiro atoms. The molecule has 0 unspecified atom stereocenters. The average Bonchev–Trinajstić information content (AvgIpc) is 2.83. The molecule has 33 heavy (non-hydrogen) atoms. The number of amides is 1. The molecule has 7 heteroatoms. The van der Waals surface area contributed by atoms with Crippen molar-refractivity contribution in [2.45, 2.75) is 6.92 Å². The number of anilines is 1. The summed E-state index contributed by atoms with van der Waals surface area (Å²) in [4.78, 5) is 28.6. The zero-order valence-electron chi connectivity index (χ0n) is 18.2. The number of hydrogen-bond acceptors (Lipinski definition) is 5. The van der Waals surface area contributed by atoms with E-state index in [0.29, 0.717) is 39.3 Å². The minimum atomic E-state index is -1.03. The molecular weight excluding hydrogens is 420 g/mol. The second kappa shape index (κ2) is 9.40. The van der Waals surface area contributed by atoms with Crippen LogP contribution >= 0.6 is 0 Å². The number of rotatable bonds is 7. The summed E-state index contributed by atoms with van der Waals surface area (Å²) in [6, 6.07) is 21.2. The SMILES string of the molecule is COc1cc(-c2cc(C(=O)O)c3ccccc3n2)ccc1OCC(=O)Nc1ccc(C)cc1. The lowest BCUT2D eigenvalue weighted by molar-refractivity contribution is -0.118. The van der Waals surface area contributed by atoms with E-state index in [1.807, 2.05) is 37.3 Å². The van der Waals surface area contributed by atoms with Gasteiger partial charge in [-0.05, 0) is 49.4 Å². The molecular formula is C26H22N2O5. The van der Waals surface area contributed by atoms with E-state index in [2.05, 4.69) is 10.3 Å². The fourth-order valence-corrected chi connectivity index (χ4v) is 3.42. The summed E-state index contributed by atoms with van der Waals surface area (Å²) < 4.78 is 11.1. The first kappa shape index (κ1) is 21.8. The summed E-state index contributed by atoms with van der Waals surface area (Å²) in [6.45, 7) is 1.78. The lowest BCUT2D eigenvalue weighted by atomic mass is 10.0. The van der Waals surface area contributed by atoms with Gasteiger partial charge in [-0.3, -0.25) is 4.79 Å². The summed E-state index contributed by atoms with van der Waals surface area (Å²) in [5.74, 6) is -0.532. The number of pyridine rings is 1. The van der Waals surface area contributed by atoms with Crippen LogP contribution in [-0.2, 0) is 4.79 Å². The molecule has 4 rings (SSSR count). The number of carbonyl (C=O) groups excluding carboxylic acids is 1. The lowest BCUT2D eigenvalue weighted by Gasteiger charge is -2.13. The van der Waals surface area contributed by atoms with Crippen molar-refractivity contribution in [2.75, 3.05) is 19.0 Å². The average molecular weight is 442 g/mol. The number of hydrogen-bond donors (Lipinski definition) is 2. The molecule has 0 fully saturated rings. The van der Waals surface area contributed by atoms with Crippen LogP contribution in [0.1, 0.15) is 15.9 Å². The number of ether oxygens (including phenoxy) is 2. The molecule has 0 radical (unpaired) electrons. The van der Waals surface area contributed by atoms with Gasteiger partial charge >= 0.3 is 5.97 Å². The molecule has 2 N–H and O–H groups in total. The molecule has 1 amide bonds. The molecule has 0 aliphatic carbocycles. The van der Waals surface area contributed by atoms with Crippen molar-refractivity contribution >= 4 is 28.5 Å². The Kier molecular flexibility index (Phi) is 6.22. The normalized spacial score (nSPS) is 10.6. The Bertz CT molecular complexity index is 1330. The minimum absolute atomic E-state index is 0.169. The molecule has 1 heterocycles. The van der Waals surface area contributed by atoms with Gasteiger partial charge in [-0.15, -0.1) is 0 Å². The van der Waals surface area contributed by atoms with Crippen molar-refractivity contribution in [1.82, 2.24) is 4.98 Å². The van der Waals surface area contributed by atoms with Gasteiger partial charge in [0.2, 0.25) is 0 Å². The highest BCUT2D eigenvalue weighted by molar-refractivity contribution is 6.03. The largest absolute Gasteiger partial charge is 0.493 e. The minimum Gasteiger partial charge on any atom is -0.493 e. The molecule has 0 atom stereocenters. The highest BCUT2D eigenvalue weighted by Gasteiger charge is 2.15. The van der Waals surface area contributed by atoms with E-state index in [1.54, 1.807) is 36.4 Å². The highest BCUT2D eigenvalue weighted by atomic mass is 16.5. The van der Waals surface area contributed by atoms with Gasteiger partial charge in [0, 0.05) is 16.6 Å². The van der Waals surface area contributed by atoms with E-state index in [-0.39, 0.29) is 18.1 Å². The van der Waals surface area contributed by atoms with Gasteiger partial charge in [-0.1, -0.05) is 35.9 Å². The van der Waals surface area contributed by atoms with Crippen molar-refractivity contribution in [3.63, 3.8) is 0 Å². The van der Waals surface area contributed by atoms with Gasteiger partial charge in [0.1, 0.15) is 0 Å². The summed E-state index contributed by atoms with van der Waals surface area (Å²) in [5.41, 5.74) is 3.70. The van der Waals surface area contributed by atoms with Crippen molar-refractivity contribution in [2.24, 2.45) is 0 Å². The molecule has 4 aromatic rings. The van der Waals surface area contributed by atoms with Crippen LogP contribution in [0.25, 0.3) is 22.2 Å². The van der Waals surface area contributed by atoms with Crippen molar-refractivity contribution in [3.8, 4) is 22.8 Å². The fraction of sp³-hybridized carbons (Fsp3) is 0.115. The number of aromatic carboxylic acids is 1. The fourth-order valence-electron chi connectivity index (χ4n) is 3.42. The Morgan fingerprint density at radius 1 is 0.970 bits per heavy atom. The van der Waals surface area contributed by atoms with E-state index in [9.17, 15) is 14.7 Å². The van der Waals surface area contributed by atoms with Crippen LogP contribution in [0.5, 0.6) is 11.5 Å². The Morgan fingerprint density at radius 2 is 1.73 bits per heavy atom. The second-order valence-electron chi connectivity index (χ2n) is 7.45. The number of methoxy groups -OCH3 is 1. The lowest BCUT2D eigenvalue weighted by Crippen LogP contribution is -2.20. The maximum atomic E-state index is 12.2.